The van der Waals surface area contributed by atoms with E-state index in [2.05, 4.69) is 26.1 Å². The number of hydrogen-bond donors (Lipinski definition) is 2. The lowest BCUT2D eigenvalue weighted by Crippen LogP contribution is -2.40. The number of rotatable bonds is 6. The molecule has 0 spiro atoms. The van der Waals surface area contributed by atoms with Crippen LogP contribution in [-0.4, -0.2) is 30.1 Å². The van der Waals surface area contributed by atoms with Crippen LogP contribution >= 0.6 is 0 Å². The fourth-order valence-corrected chi connectivity index (χ4v) is 3.68. The minimum atomic E-state index is -0.346. The Balaban J connectivity index is 0.000000283. The Morgan fingerprint density at radius 1 is 1.18 bits per heavy atom. The molecule has 2 rings (SSSR count). The molecule has 5 nitrogen and oxygen atoms in total. The minimum absolute atomic E-state index is 0.145. The van der Waals surface area contributed by atoms with E-state index in [1.165, 1.54) is 37.1 Å². The van der Waals surface area contributed by atoms with E-state index in [4.69, 9.17) is 9.84 Å². The Morgan fingerprint density at radius 3 is 2.36 bits per heavy atom. The van der Waals surface area contributed by atoms with Gasteiger partial charge in [0.1, 0.15) is 5.75 Å². The van der Waals surface area contributed by atoms with Crippen molar-refractivity contribution in [1.82, 2.24) is 5.32 Å². The van der Waals surface area contributed by atoms with Crippen LogP contribution in [0.3, 0.4) is 0 Å². The number of carbonyl (C=O) groups is 2. The Hall–Kier alpha value is -2.04. The van der Waals surface area contributed by atoms with Crippen molar-refractivity contribution in [3.63, 3.8) is 0 Å². The summed E-state index contributed by atoms with van der Waals surface area (Å²) in [5.41, 5.74) is 0.464. The van der Waals surface area contributed by atoms with Crippen LogP contribution in [0.15, 0.2) is 24.3 Å². The van der Waals surface area contributed by atoms with E-state index in [1.54, 1.807) is 0 Å². The maximum Gasteiger partial charge on any atom is 0.338 e. The van der Waals surface area contributed by atoms with Crippen LogP contribution in [0.4, 0.5) is 0 Å². The quantitative estimate of drug-likeness (QED) is 0.684. The second-order valence-corrected chi connectivity index (χ2v) is 8.01. The van der Waals surface area contributed by atoms with E-state index in [-0.39, 0.29) is 23.5 Å². The van der Waals surface area contributed by atoms with Crippen LogP contribution in [0.1, 0.15) is 70.7 Å². The Morgan fingerprint density at radius 2 is 1.82 bits per heavy atom. The first kappa shape index (κ1) is 24.0. The second kappa shape index (κ2) is 12.4. The summed E-state index contributed by atoms with van der Waals surface area (Å²) < 4.78 is 4.90. The van der Waals surface area contributed by atoms with Gasteiger partial charge in [-0.25, -0.2) is 4.79 Å². The summed E-state index contributed by atoms with van der Waals surface area (Å²) in [6.07, 6.45) is 4.40. The Kier molecular flexibility index (Phi) is 10.6. The van der Waals surface area contributed by atoms with E-state index in [1.807, 2.05) is 13.8 Å². The minimum Gasteiger partial charge on any atom is -0.508 e. The molecule has 3 unspecified atom stereocenters. The number of carbonyl (C=O) groups excluding carboxylic acids is 2. The maximum atomic E-state index is 11.9. The van der Waals surface area contributed by atoms with E-state index < -0.39 is 0 Å². The zero-order valence-corrected chi connectivity index (χ0v) is 18.0. The fourth-order valence-electron chi connectivity index (χ4n) is 3.68. The molecule has 158 valence electrons. The van der Waals surface area contributed by atoms with Gasteiger partial charge in [0, 0.05) is 12.5 Å². The number of phenols is 1. The average Bonchev–Trinajstić information content (AvgIpc) is 2.67. The third-order valence-corrected chi connectivity index (χ3v) is 5.25. The van der Waals surface area contributed by atoms with Gasteiger partial charge in [0.05, 0.1) is 12.2 Å². The summed E-state index contributed by atoms with van der Waals surface area (Å²) in [7, 11) is 0. The van der Waals surface area contributed by atoms with Crippen molar-refractivity contribution in [3.05, 3.63) is 29.8 Å². The molecular weight excluding hydrogens is 354 g/mol. The number of hydrogen-bond acceptors (Lipinski definition) is 4. The highest BCUT2D eigenvalue weighted by Gasteiger charge is 2.34. The van der Waals surface area contributed by atoms with Gasteiger partial charge in [0.15, 0.2) is 0 Å². The molecule has 0 aliphatic heterocycles. The van der Waals surface area contributed by atoms with Crippen molar-refractivity contribution >= 4 is 11.9 Å². The lowest BCUT2D eigenvalue weighted by Gasteiger charge is -2.36. The van der Waals surface area contributed by atoms with Gasteiger partial charge in [-0.1, -0.05) is 34.1 Å². The van der Waals surface area contributed by atoms with Gasteiger partial charge in [-0.05, 0) is 68.2 Å². The first-order chi connectivity index (χ1) is 13.3. The molecule has 2 N–H and O–H groups in total. The van der Waals surface area contributed by atoms with E-state index in [0.717, 1.165) is 19.4 Å². The molecule has 28 heavy (non-hydrogen) atoms. The molecule has 0 heterocycles. The van der Waals surface area contributed by atoms with Crippen molar-refractivity contribution in [1.29, 1.82) is 0 Å². The number of nitrogens with one attached hydrogen (secondary N) is 1. The highest BCUT2D eigenvalue weighted by atomic mass is 16.5. The van der Waals surface area contributed by atoms with Crippen LogP contribution in [0.5, 0.6) is 5.75 Å². The number of esters is 1. The van der Waals surface area contributed by atoms with Crippen molar-refractivity contribution in [2.45, 2.75) is 60.3 Å². The van der Waals surface area contributed by atoms with Gasteiger partial charge in [-0.2, -0.15) is 0 Å². The Bertz CT molecular complexity index is 597. The normalized spacial score (nSPS) is 21.4. The predicted molar refractivity (Wildman–Crippen MR) is 112 cm³/mol. The van der Waals surface area contributed by atoms with Crippen LogP contribution < -0.4 is 5.32 Å². The average molecular weight is 392 g/mol. The van der Waals surface area contributed by atoms with Gasteiger partial charge in [-0.15, -0.1) is 0 Å². The topological polar surface area (TPSA) is 75.6 Å². The van der Waals surface area contributed by atoms with Crippen molar-refractivity contribution < 1.29 is 19.4 Å². The maximum absolute atomic E-state index is 11.9. The number of benzene rings is 1. The first-order valence-electron chi connectivity index (χ1n) is 10.5. The highest BCUT2D eigenvalue weighted by molar-refractivity contribution is 5.89. The molecule has 1 amide bonds. The molecule has 5 heteroatoms. The molecule has 1 aliphatic rings. The SMILES string of the molecule is CCCOC(=O)c1ccc(O)cc1.CCNC(=O)C1CC(C)CCC1C(C)C. The molecule has 1 aromatic carbocycles. The second-order valence-electron chi connectivity index (χ2n) is 8.01. The largest absolute Gasteiger partial charge is 0.508 e. The van der Waals surface area contributed by atoms with Gasteiger partial charge in [-0.3, -0.25) is 4.79 Å². The summed E-state index contributed by atoms with van der Waals surface area (Å²) in [6.45, 7) is 11.9. The smallest absolute Gasteiger partial charge is 0.338 e. The van der Waals surface area contributed by atoms with Crippen LogP contribution in [0.2, 0.25) is 0 Å². The molecule has 0 bridgehead atoms. The van der Waals surface area contributed by atoms with Crippen molar-refractivity contribution in [3.8, 4) is 5.75 Å². The fraction of sp³-hybridized carbons (Fsp3) is 0.652. The molecule has 0 radical (unpaired) electrons. The summed E-state index contributed by atoms with van der Waals surface area (Å²) in [6, 6.07) is 5.99. The third-order valence-electron chi connectivity index (χ3n) is 5.25. The van der Waals surface area contributed by atoms with Gasteiger partial charge in [0.2, 0.25) is 5.91 Å². The van der Waals surface area contributed by atoms with Crippen molar-refractivity contribution in [2.75, 3.05) is 13.2 Å². The summed E-state index contributed by atoms with van der Waals surface area (Å²) in [5, 5.41) is 11.9. The number of ether oxygens (including phenoxy) is 1. The molecule has 1 aromatic rings. The van der Waals surface area contributed by atoms with Crippen LogP contribution in [-0.2, 0) is 9.53 Å². The molecule has 0 aromatic heterocycles. The number of aromatic hydroxyl groups is 1. The van der Waals surface area contributed by atoms with E-state index in [0.29, 0.717) is 29.9 Å². The van der Waals surface area contributed by atoms with Gasteiger partial charge >= 0.3 is 5.97 Å². The zero-order valence-electron chi connectivity index (χ0n) is 18.0. The van der Waals surface area contributed by atoms with Gasteiger partial charge < -0.3 is 15.2 Å². The number of phenolic OH excluding ortho intramolecular Hbond substituents is 1. The molecule has 1 fully saturated rings. The summed E-state index contributed by atoms with van der Waals surface area (Å²) in [5.74, 6) is 2.27. The lowest BCUT2D eigenvalue weighted by molar-refractivity contribution is -0.129. The third kappa shape index (κ3) is 7.91. The molecule has 1 saturated carbocycles. The standard InChI is InChI=1S/C13H25NO.C10H12O3/c1-5-14-13(15)12-8-10(4)6-7-11(12)9(2)3;1-2-7-13-10(12)8-3-5-9(11)6-4-8/h9-12H,5-8H2,1-4H3,(H,14,15);3-6,11H,2,7H2,1H3. The van der Waals surface area contributed by atoms with E-state index in [9.17, 15) is 9.59 Å². The van der Waals surface area contributed by atoms with E-state index >= 15 is 0 Å². The molecule has 1 aliphatic carbocycles. The molecule has 0 saturated heterocycles. The van der Waals surface area contributed by atoms with Crippen LogP contribution in [0.25, 0.3) is 0 Å². The summed E-state index contributed by atoms with van der Waals surface area (Å²) in [4.78, 5) is 23.2. The zero-order chi connectivity index (χ0) is 21.1. The van der Waals surface area contributed by atoms with Crippen LogP contribution in [0, 0.1) is 23.7 Å². The summed E-state index contributed by atoms with van der Waals surface area (Å²) >= 11 is 0. The van der Waals surface area contributed by atoms with Crippen molar-refractivity contribution in [2.24, 2.45) is 23.7 Å². The highest BCUT2D eigenvalue weighted by Crippen LogP contribution is 2.37. The van der Waals surface area contributed by atoms with Gasteiger partial charge in [0.25, 0.3) is 0 Å². The monoisotopic (exact) mass is 391 g/mol. The number of amides is 1. The lowest BCUT2D eigenvalue weighted by atomic mass is 9.70. The molecule has 3 atom stereocenters. The first-order valence-corrected chi connectivity index (χ1v) is 10.5. The molecular formula is C23H37NO4. The predicted octanol–water partition coefficient (Wildman–Crippen LogP) is 4.79. The Labute approximate surface area is 169 Å².